The van der Waals surface area contributed by atoms with Crippen LogP contribution in [0.4, 0.5) is 11.5 Å². The van der Waals surface area contributed by atoms with E-state index < -0.39 is 0 Å². The molecule has 10 heteroatoms. The zero-order valence-electron chi connectivity index (χ0n) is 25.2. The monoisotopic (exact) mass is 647 g/mol. The second kappa shape index (κ2) is 13.2. The van der Waals surface area contributed by atoms with E-state index in [4.69, 9.17) is 14.7 Å². The fraction of sp³-hybridized carbons (Fsp3) is 0.576. The Hall–Kier alpha value is -3.16. The van der Waals surface area contributed by atoms with Crippen LogP contribution in [0.1, 0.15) is 54.5 Å². The van der Waals surface area contributed by atoms with Gasteiger partial charge in [0.1, 0.15) is 12.4 Å². The highest BCUT2D eigenvalue weighted by atomic mass is 79.9. The molecule has 3 aliphatic heterocycles. The van der Waals surface area contributed by atoms with Crippen molar-refractivity contribution in [1.82, 2.24) is 19.8 Å². The standard InChI is InChI=1S/C33H42BrN7O2/c1-3-31(42)41-20-19-40(21-23(41)12-15-35)32-27-13-17-39(30-11-10-28(34)25-8-4-5-9-26(25)30)18-14-29(27)36-33(37-32)43-22-24-7-6-16-38(24)2/h3,10-11,23-24H,1,4-9,12-14,16-22H2,2H3/t23-,24-/m0/s1. The van der Waals surface area contributed by atoms with Crippen molar-refractivity contribution in [1.29, 1.82) is 5.26 Å². The summed E-state index contributed by atoms with van der Waals surface area (Å²) in [5.74, 6) is 0.771. The lowest BCUT2D eigenvalue weighted by molar-refractivity contribution is -0.128. The molecule has 2 fully saturated rings. The van der Waals surface area contributed by atoms with Crippen LogP contribution in [0, 0.1) is 11.3 Å². The Labute approximate surface area is 263 Å². The Balaban J connectivity index is 1.30. The minimum absolute atomic E-state index is 0.125. The van der Waals surface area contributed by atoms with Gasteiger partial charge in [0.05, 0.1) is 24.2 Å². The van der Waals surface area contributed by atoms with Crippen LogP contribution in [-0.2, 0) is 30.5 Å². The molecule has 0 N–H and O–H groups in total. The maximum Gasteiger partial charge on any atom is 0.318 e. The average Bonchev–Trinajstić information content (AvgIpc) is 3.32. The highest BCUT2D eigenvalue weighted by Gasteiger charge is 2.33. The molecule has 0 spiro atoms. The Bertz CT molecular complexity index is 1410. The van der Waals surface area contributed by atoms with Crippen molar-refractivity contribution in [3.05, 3.63) is 51.6 Å². The minimum atomic E-state index is -0.220. The fourth-order valence-electron chi connectivity index (χ4n) is 7.32. The number of nitriles is 1. The SMILES string of the molecule is C=CC(=O)N1CCN(c2nc(OC[C@@H]3CCCN3C)nc3c2CCN(c2ccc(Br)c4c2CCCC4)CC3)C[C@@H]1CC#N. The first-order chi connectivity index (χ1) is 21.0. The molecule has 1 aromatic heterocycles. The van der Waals surface area contributed by atoms with Gasteiger partial charge in [0, 0.05) is 60.9 Å². The topological polar surface area (TPSA) is 88.8 Å². The number of amides is 1. The second-order valence-corrected chi connectivity index (χ2v) is 13.1. The summed E-state index contributed by atoms with van der Waals surface area (Å²) in [5.41, 5.74) is 6.53. The molecular weight excluding hydrogens is 606 g/mol. The van der Waals surface area contributed by atoms with E-state index in [1.54, 1.807) is 4.90 Å². The second-order valence-electron chi connectivity index (χ2n) is 12.3. The molecule has 1 aliphatic carbocycles. The number of hydrogen-bond donors (Lipinski definition) is 0. The summed E-state index contributed by atoms with van der Waals surface area (Å²) in [6.07, 6.45) is 10.3. The Morgan fingerprint density at radius 2 is 1.84 bits per heavy atom. The van der Waals surface area contributed by atoms with Crippen LogP contribution < -0.4 is 14.5 Å². The molecule has 2 aromatic rings. The van der Waals surface area contributed by atoms with E-state index in [-0.39, 0.29) is 18.4 Å². The highest BCUT2D eigenvalue weighted by molar-refractivity contribution is 9.10. The summed E-state index contributed by atoms with van der Waals surface area (Å²) in [6.45, 7) is 8.83. The zero-order valence-corrected chi connectivity index (χ0v) is 26.8. The molecule has 0 saturated carbocycles. The van der Waals surface area contributed by atoms with Gasteiger partial charge in [0.25, 0.3) is 0 Å². The number of benzene rings is 1. The van der Waals surface area contributed by atoms with Crippen molar-refractivity contribution in [3.8, 4) is 12.1 Å². The van der Waals surface area contributed by atoms with Crippen molar-refractivity contribution in [2.75, 3.05) is 62.7 Å². The number of fused-ring (bicyclic) bond motifs is 2. The lowest BCUT2D eigenvalue weighted by atomic mass is 9.90. The number of likely N-dealkylation sites (N-methyl/N-ethyl adjacent to an activating group) is 1. The van der Waals surface area contributed by atoms with Crippen LogP contribution in [0.2, 0.25) is 0 Å². The first-order valence-corrected chi connectivity index (χ1v) is 16.6. The summed E-state index contributed by atoms with van der Waals surface area (Å²) in [6, 6.07) is 7.37. The summed E-state index contributed by atoms with van der Waals surface area (Å²) in [5, 5.41) is 9.56. The van der Waals surface area contributed by atoms with E-state index in [1.165, 1.54) is 46.6 Å². The number of nitrogens with zero attached hydrogens (tertiary/aromatic N) is 7. The maximum atomic E-state index is 12.6. The maximum absolute atomic E-state index is 12.6. The normalized spacial score (nSPS) is 22.4. The summed E-state index contributed by atoms with van der Waals surface area (Å²) >= 11 is 3.81. The third-order valence-corrected chi connectivity index (χ3v) is 10.5. The van der Waals surface area contributed by atoms with Crippen LogP contribution in [0.15, 0.2) is 29.3 Å². The van der Waals surface area contributed by atoms with Gasteiger partial charge in [-0.1, -0.05) is 22.5 Å². The molecular formula is C33H42BrN7O2. The first-order valence-electron chi connectivity index (χ1n) is 15.8. The van der Waals surface area contributed by atoms with Crippen molar-refractivity contribution in [2.45, 2.75) is 69.9 Å². The van der Waals surface area contributed by atoms with E-state index in [9.17, 15) is 10.1 Å². The summed E-state index contributed by atoms with van der Waals surface area (Å²) in [4.78, 5) is 31.6. The molecule has 0 unspecified atom stereocenters. The van der Waals surface area contributed by atoms with E-state index in [2.05, 4.69) is 62.5 Å². The fourth-order valence-corrected chi connectivity index (χ4v) is 7.89. The number of anilines is 2. The molecule has 43 heavy (non-hydrogen) atoms. The van der Waals surface area contributed by atoms with Crippen LogP contribution in [-0.4, -0.2) is 90.7 Å². The van der Waals surface area contributed by atoms with E-state index >= 15 is 0 Å². The number of ether oxygens (including phenoxy) is 1. The number of piperazine rings is 1. The third-order valence-electron chi connectivity index (χ3n) is 9.74. The summed E-state index contributed by atoms with van der Waals surface area (Å²) in [7, 11) is 2.15. The van der Waals surface area contributed by atoms with Crippen molar-refractivity contribution >= 4 is 33.3 Å². The summed E-state index contributed by atoms with van der Waals surface area (Å²) < 4.78 is 7.54. The van der Waals surface area contributed by atoms with Gasteiger partial charge in [-0.15, -0.1) is 0 Å². The molecule has 0 radical (unpaired) electrons. The van der Waals surface area contributed by atoms with Gasteiger partial charge in [-0.25, -0.2) is 0 Å². The number of carbonyl (C=O) groups is 1. The number of halogens is 1. The van der Waals surface area contributed by atoms with E-state index in [1.807, 2.05) is 0 Å². The van der Waals surface area contributed by atoms with Gasteiger partial charge in [-0.2, -0.15) is 15.2 Å². The highest BCUT2D eigenvalue weighted by Crippen LogP contribution is 2.37. The quantitative estimate of drug-likeness (QED) is 0.411. The minimum Gasteiger partial charge on any atom is -0.462 e. The lowest BCUT2D eigenvalue weighted by Crippen LogP contribution is -2.55. The molecule has 1 aromatic carbocycles. The lowest BCUT2D eigenvalue weighted by Gasteiger charge is -2.41. The molecule has 2 atom stereocenters. The largest absolute Gasteiger partial charge is 0.462 e. The van der Waals surface area contributed by atoms with E-state index in [0.717, 1.165) is 68.8 Å². The molecule has 1 amide bonds. The van der Waals surface area contributed by atoms with Crippen molar-refractivity contribution < 1.29 is 9.53 Å². The van der Waals surface area contributed by atoms with Gasteiger partial charge in [0.15, 0.2) is 0 Å². The first kappa shape index (κ1) is 29.9. The number of rotatable bonds is 7. The van der Waals surface area contributed by atoms with Crippen LogP contribution in [0.3, 0.4) is 0 Å². The number of aromatic nitrogens is 2. The van der Waals surface area contributed by atoms with Crippen LogP contribution in [0.5, 0.6) is 6.01 Å². The van der Waals surface area contributed by atoms with Gasteiger partial charge >= 0.3 is 6.01 Å². The van der Waals surface area contributed by atoms with Gasteiger partial charge in [-0.05, 0) is 87.9 Å². The third kappa shape index (κ3) is 6.25. The zero-order chi connectivity index (χ0) is 29.9. The van der Waals surface area contributed by atoms with Crippen LogP contribution >= 0.6 is 15.9 Å². The van der Waals surface area contributed by atoms with Gasteiger partial charge in [-0.3, -0.25) is 4.79 Å². The Morgan fingerprint density at radius 3 is 2.60 bits per heavy atom. The smallest absolute Gasteiger partial charge is 0.318 e. The molecule has 4 aliphatic rings. The van der Waals surface area contributed by atoms with Crippen LogP contribution in [0.25, 0.3) is 0 Å². The van der Waals surface area contributed by atoms with E-state index in [0.29, 0.717) is 38.3 Å². The van der Waals surface area contributed by atoms with Gasteiger partial charge < -0.3 is 24.3 Å². The molecule has 6 rings (SSSR count). The Morgan fingerprint density at radius 1 is 1.02 bits per heavy atom. The number of carbonyl (C=O) groups excluding carboxylic acids is 1. The predicted octanol–water partition coefficient (Wildman–Crippen LogP) is 4.31. The molecule has 228 valence electrons. The van der Waals surface area contributed by atoms with Gasteiger partial charge in [0.2, 0.25) is 5.91 Å². The molecule has 2 saturated heterocycles. The molecule has 9 nitrogen and oxygen atoms in total. The van der Waals surface area contributed by atoms with Crippen molar-refractivity contribution in [3.63, 3.8) is 0 Å². The Kier molecular flexibility index (Phi) is 9.20. The van der Waals surface area contributed by atoms with Crippen molar-refractivity contribution in [2.24, 2.45) is 0 Å². The molecule has 0 bridgehead atoms. The number of likely N-dealkylation sites (tertiary alicyclic amines) is 1. The predicted molar refractivity (Wildman–Crippen MR) is 172 cm³/mol. The number of hydrogen-bond acceptors (Lipinski definition) is 8. The molecule has 4 heterocycles. The average molecular weight is 649 g/mol.